The fourth-order valence-electron chi connectivity index (χ4n) is 3.13. The molecule has 0 amide bonds. The highest BCUT2D eigenvalue weighted by Gasteiger charge is 2.17. The van der Waals surface area contributed by atoms with Gasteiger partial charge in [0.25, 0.3) is 0 Å². The Morgan fingerprint density at radius 2 is 2.24 bits per heavy atom. The van der Waals surface area contributed by atoms with Crippen molar-refractivity contribution >= 4 is 17.3 Å². The van der Waals surface area contributed by atoms with E-state index in [-0.39, 0.29) is 0 Å². The summed E-state index contributed by atoms with van der Waals surface area (Å²) in [5.41, 5.74) is 1.17. The average molecular weight is 366 g/mol. The third-order valence-electron chi connectivity index (χ3n) is 4.73. The van der Waals surface area contributed by atoms with Gasteiger partial charge in [-0.05, 0) is 45.6 Å². The van der Waals surface area contributed by atoms with E-state index in [2.05, 4.69) is 58.6 Å². The van der Waals surface area contributed by atoms with Crippen LogP contribution in [0.2, 0.25) is 0 Å². The molecule has 0 spiro atoms. The summed E-state index contributed by atoms with van der Waals surface area (Å²) < 4.78 is 0. The largest absolute Gasteiger partial charge is 0.357 e. The number of aromatic nitrogens is 1. The molecule has 0 bridgehead atoms. The number of hydrogen-bond donors (Lipinski definition) is 2. The fraction of sp³-hybridized carbons (Fsp3) is 0.789. The number of aliphatic imine (C=N–C) groups is 1. The van der Waals surface area contributed by atoms with Gasteiger partial charge in [-0.25, -0.2) is 9.98 Å². The molecule has 1 aromatic heterocycles. The number of nitrogens with zero attached hydrogens (tertiary/aromatic N) is 3. The first-order valence-electron chi connectivity index (χ1n) is 9.80. The van der Waals surface area contributed by atoms with Crippen molar-refractivity contribution in [3.8, 4) is 0 Å². The van der Waals surface area contributed by atoms with Crippen LogP contribution in [0.4, 0.5) is 0 Å². The number of piperidine rings is 1. The highest BCUT2D eigenvalue weighted by Crippen LogP contribution is 2.18. The van der Waals surface area contributed by atoms with Gasteiger partial charge in [0.1, 0.15) is 5.01 Å². The summed E-state index contributed by atoms with van der Waals surface area (Å²) in [4.78, 5) is 12.0. The Morgan fingerprint density at radius 1 is 1.40 bits per heavy atom. The van der Waals surface area contributed by atoms with Crippen LogP contribution < -0.4 is 10.6 Å². The molecule has 1 saturated heterocycles. The number of guanidine groups is 1. The van der Waals surface area contributed by atoms with Crippen molar-refractivity contribution in [2.75, 3.05) is 26.2 Å². The molecule has 2 heterocycles. The van der Waals surface area contributed by atoms with Gasteiger partial charge in [0, 0.05) is 31.1 Å². The summed E-state index contributed by atoms with van der Waals surface area (Å²) in [6, 6.07) is 0.746. The van der Waals surface area contributed by atoms with Crippen molar-refractivity contribution in [2.45, 2.75) is 71.9 Å². The number of thiazole rings is 1. The molecule has 0 aromatic carbocycles. The summed E-state index contributed by atoms with van der Waals surface area (Å²) >= 11 is 1.70. The first-order valence-corrected chi connectivity index (χ1v) is 10.7. The molecule has 1 atom stereocenters. The molecule has 0 saturated carbocycles. The predicted octanol–water partition coefficient (Wildman–Crippen LogP) is 3.59. The normalized spacial score (nSPS) is 19.4. The van der Waals surface area contributed by atoms with Crippen LogP contribution in [0.1, 0.15) is 70.0 Å². The van der Waals surface area contributed by atoms with E-state index in [1.165, 1.54) is 38.0 Å². The smallest absolute Gasteiger partial charge is 0.191 e. The summed E-state index contributed by atoms with van der Waals surface area (Å²) in [5.74, 6) is 1.38. The molecule has 25 heavy (non-hydrogen) atoms. The van der Waals surface area contributed by atoms with Crippen molar-refractivity contribution < 1.29 is 0 Å². The zero-order valence-corrected chi connectivity index (χ0v) is 17.2. The van der Waals surface area contributed by atoms with Gasteiger partial charge in [0.05, 0.1) is 12.2 Å². The fourth-order valence-corrected chi connectivity index (χ4v) is 4.01. The van der Waals surface area contributed by atoms with Crippen LogP contribution >= 0.6 is 11.3 Å². The lowest BCUT2D eigenvalue weighted by atomic mass is 10.0. The lowest BCUT2D eigenvalue weighted by Crippen LogP contribution is -2.41. The Hall–Kier alpha value is -1.14. The van der Waals surface area contributed by atoms with Crippen LogP contribution in [0.15, 0.2) is 10.4 Å². The van der Waals surface area contributed by atoms with E-state index in [1.807, 2.05) is 0 Å². The van der Waals surface area contributed by atoms with Crippen molar-refractivity contribution in [1.82, 2.24) is 20.5 Å². The monoisotopic (exact) mass is 365 g/mol. The van der Waals surface area contributed by atoms with Crippen molar-refractivity contribution in [3.63, 3.8) is 0 Å². The zero-order valence-electron chi connectivity index (χ0n) is 16.3. The summed E-state index contributed by atoms with van der Waals surface area (Å²) in [6.07, 6.45) is 5.25. The maximum absolute atomic E-state index is 4.68. The second-order valence-corrected chi connectivity index (χ2v) is 8.12. The molecule has 1 aliphatic heterocycles. The van der Waals surface area contributed by atoms with Gasteiger partial charge in [-0.3, -0.25) is 0 Å². The standard InChI is InChI=1S/C19H35N5S/c1-5-20-19(22-13-18-23-17(14-25-18)15(2)3)21-10-8-12-24-11-7-6-9-16(24)4/h14-16H,5-13H2,1-4H3,(H2,20,21,22). The first kappa shape index (κ1) is 20.2. The molecule has 142 valence electrons. The van der Waals surface area contributed by atoms with Gasteiger partial charge in [0.15, 0.2) is 5.96 Å². The van der Waals surface area contributed by atoms with Crippen LogP contribution in [0.25, 0.3) is 0 Å². The van der Waals surface area contributed by atoms with Gasteiger partial charge in [-0.1, -0.05) is 20.3 Å². The second kappa shape index (κ2) is 10.8. The van der Waals surface area contributed by atoms with Gasteiger partial charge >= 0.3 is 0 Å². The van der Waals surface area contributed by atoms with Crippen LogP contribution in [0, 0.1) is 0 Å². The number of likely N-dealkylation sites (tertiary alicyclic amines) is 1. The summed E-state index contributed by atoms with van der Waals surface area (Å²) in [5, 5.41) is 10.0. The van der Waals surface area contributed by atoms with Gasteiger partial charge in [-0.2, -0.15) is 0 Å². The minimum atomic E-state index is 0.484. The van der Waals surface area contributed by atoms with Crippen LogP contribution in [0.3, 0.4) is 0 Å². The average Bonchev–Trinajstić information content (AvgIpc) is 3.07. The molecule has 1 aliphatic rings. The first-order chi connectivity index (χ1) is 12.1. The van der Waals surface area contributed by atoms with Gasteiger partial charge in [0.2, 0.25) is 0 Å². The third-order valence-corrected chi connectivity index (χ3v) is 5.58. The number of rotatable bonds is 8. The Morgan fingerprint density at radius 3 is 2.92 bits per heavy atom. The third kappa shape index (κ3) is 6.94. The Labute approximate surface area is 157 Å². The van der Waals surface area contributed by atoms with E-state index in [4.69, 9.17) is 0 Å². The van der Waals surface area contributed by atoms with E-state index in [9.17, 15) is 0 Å². The van der Waals surface area contributed by atoms with Gasteiger partial charge < -0.3 is 15.5 Å². The molecule has 6 heteroatoms. The maximum Gasteiger partial charge on any atom is 0.191 e. The molecular formula is C19H35N5S. The number of nitrogens with one attached hydrogen (secondary N) is 2. The van der Waals surface area contributed by atoms with Gasteiger partial charge in [-0.15, -0.1) is 11.3 Å². The number of hydrogen-bond acceptors (Lipinski definition) is 4. The van der Waals surface area contributed by atoms with E-state index < -0.39 is 0 Å². The van der Waals surface area contributed by atoms with Crippen molar-refractivity contribution in [3.05, 3.63) is 16.1 Å². The Kier molecular flexibility index (Phi) is 8.68. The van der Waals surface area contributed by atoms with E-state index in [1.54, 1.807) is 11.3 Å². The predicted molar refractivity (Wildman–Crippen MR) is 109 cm³/mol. The quantitative estimate of drug-likeness (QED) is 0.420. The van der Waals surface area contributed by atoms with Crippen molar-refractivity contribution in [1.29, 1.82) is 0 Å². The van der Waals surface area contributed by atoms with E-state index in [0.29, 0.717) is 12.5 Å². The van der Waals surface area contributed by atoms with Crippen LogP contribution in [0.5, 0.6) is 0 Å². The highest BCUT2D eigenvalue weighted by molar-refractivity contribution is 7.09. The summed E-state index contributed by atoms with van der Waals surface area (Å²) in [6.45, 7) is 13.7. The zero-order chi connectivity index (χ0) is 18.1. The molecule has 2 N–H and O–H groups in total. The van der Waals surface area contributed by atoms with Crippen molar-refractivity contribution in [2.24, 2.45) is 4.99 Å². The molecular weight excluding hydrogens is 330 g/mol. The molecule has 1 fully saturated rings. The highest BCUT2D eigenvalue weighted by atomic mass is 32.1. The minimum absolute atomic E-state index is 0.484. The molecule has 2 rings (SSSR count). The van der Waals surface area contributed by atoms with Crippen LogP contribution in [-0.2, 0) is 6.54 Å². The lowest BCUT2D eigenvalue weighted by Gasteiger charge is -2.33. The lowest BCUT2D eigenvalue weighted by molar-refractivity contribution is 0.159. The Bertz CT molecular complexity index is 526. The molecule has 1 aromatic rings. The molecule has 0 aliphatic carbocycles. The van der Waals surface area contributed by atoms with Crippen LogP contribution in [-0.4, -0.2) is 48.1 Å². The molecule has 0 radical (unpaired) electrons. The van der Waals surface area contributed by atoms with E-state index >= 15 is 0 Å². The van der Waals surface area contributed by atoms with E-state index in [0.717, 1.165) is 36.5 Å². The summed E-state index contributed by atoms with van der Waals surface area (Å²) in [7, 11) is 0. The second-order valence-electron chi connectivity index (χ2n) is 7.18. The topological polar surface area (TPSA) is 52.6 Å². The molecule has 1 unspecified atom stereocenters. The Balaban J connectivity index is 1.75. The maximum atomic E-state index is 4.68. The SMILES string of the molecule is CCNC(=NCc1nc(C(C)C)cs1)NCCCN1CCCCC1C. The minimum Gasteiger partial charge on any atom is -0.357 e. The molecule has 5 nitrogen and oxygen atoms in total.